The molecule has 0 bridgehead atoms. The van der Waals surface area contributed by atoms with E-state index in [2.05, 4.69) is 29.1 Å². The van der Waals surface area contributed by atoms with E-state index in [4.69, 9.17) is 0 Å². The molecule has 1 heterocycles. The van der Waals surface area contributed by atoms with Crippen LogP contribution in [0.1, 0.15) is 32.3 Å². The summed E-state index contributed by atoms with van der Waals surface area (Å²) in [6.07, 6.45) is 5.66. The van der Waals surface area contributed by atoms with Gasteiger partial charge in [-0.1, -0.05) is 13.8 Å². The first-order valence-corrected chi connectivity index (χ1v) is 4.81. The first kappa shape index (κ1) is 9.96. The van der Waals surface area contributed by atoms with Crippen LogP contribution < -0.4 is 5.32 Å². The zero-order chi connectivity index (χ0) is 9.68. The highest BCUT2D eigenvalue weighted by atomic mass is 15.0. The van der Waals surface area contributed by atoms with Crippen LogP contribution in [-0.4, -0.2) is 16.0 Å². The standard InChI is InChI=1S/C10H17N3/c1-4-9(5-2)13-10-8(3)6-11-7-12-10/h6-7,9H,4-5H2,1-3H3,(H,11,12,13). The number of hydrogen-bond acceptors (Lipinski definition) is 3. The number of aromatic nitrogens is 2. The molecular formula is C10H17N3. The maximum absolute atomic E-state index is 4.19. The Morgan fingerprint density at radius 1 is 1.38 bits per heavy atom. The van der Waals surface area contributed by atoms with Crippen LogP contribution in [0.25, 0.3) is 0 Å². The van der Waals surface area contributed by atoms with E-state index in [0.717, 1.165) is 24.2 Å². The van der Waals surface area contributed by atoms with Gasteiger partial charge in [-0.3, -0.25) is 0 Å². The van der Waals surface area contributed by atoms with Crippen molar-refractivity contribution in [3.8, 4) is 0 Å². The van der Waals surface area contributed by atoms with Crippen molar-refractivity contribution in [3.05, 3.63) is 18.1 Å². The van der Waals surface area contributed by atoms with Crippen LogP contribution in [0.5, 0.6) is 0 Å². The molecule has 0 aliphatic rings. The molecule has 0 saturated heterocycles. The van der Waals surface area contributed by atoms with E-state index in [9.17, 15) is 0 Å². The molecule has 13 heavy (non-hydrogen) atoms. The number of nitrogens with zero attached hydrogens (tertiary/aromatic N) is 2. The van der Waals surface area contributed by atoms with Gasteiger partial charge in [0, 0.05) is 17.8 Å². The number of nitrogens with one attached hydrogen (secondary N) is 1. The molecule has 0 aliphatic heterocycles. The van der Waals surface area contributed by atoms with Gasteiger partial charge in [-0.2, -0.15) is 0 Å². The van der Waals surface area contributed by atoms with E-state index in [1.807, 2.05) is 13.1 Å². The van der Waals surface area contributed by atoms with Gasteiger partial charge in [-0.05, 0) is 19.8 Å². The van der Waals surface area contributed by atoms with Gasteiger partial charge < -0.3 is 5.32 Å². The third kappa shape index (κ3) is 2.68. The first-order chi connectivity index (χ1) is 6.27. The molecule has 0 aromatic carbocycles. The summed E-state index contributed by atoms with van der Waals surface area (Å²) in [6.45, 7) is 6.38. The molecule has 0 saturated carbocycles. The highest BCUT2D eigenvalue weighted by Gasteiger charge is 2.05. The van der Waals surface area contributed by atoms with Gasteiger partial charge in [0.15, 0.2) is 0 Å². The van der Waals surface area contributed by atoms with Crippen LogP contribution >= 0.6 is 0 Å². The number of aryl methyl sites for hydroxylation is 1. The van der Waals surface area contributed by atoms with Gasteiger partial charge in [-0.25, -0.2) is 9.97 Å². The fraction of sp³-hybridized carbons (Fsp3) is 0.600. The van der Waals surface area contributed by atoms with Crippen LogP contribution in [-0.2, 0) is 0 Å². The fourth-order valence-electron chi connectivity index (χ4n) is 1.24. The van der Waals surface area contributed by atoms with E-state index in [1.54, 1.807) is 6.33 Å². The van der Waals surface area contributed by atoms with Crippen molar-refractivity contribution in [3.63, 3.8) is 0 Å². The van der Waals surface area contributed by atoms with Crippen LogP contribution in [0.4, 0.5) is 5.82 Å². The lowest BCUT2D eigenvalue weighted by atomic mass is 10.1. The van der Waals surface area contributed by atoms with Gasteiger partial charge in [0.1, 0.15) is 12.1 Å². The number of hydrogen-bond donors (Lipinski definition) is 1. The predicted molar refractivity (Wildman–Crippen MR) is 54.8 cm³/mol. The average Bonchev–Trinajstić information content (AvgIpc) is 2.17. The molecule has 0 amide bonds. The minimum absolute atomic E-state index is 0.522. The van der Waals surface area contributed by atoms with Crippen molar-refractivity contribution in [1.82, 2.24) is 9.97 Å². The summed E-state index contributed by atoms with van der Waals surface area (Å²) in [7, 11) is 0. The molecule has 3 nitrogen and oxygen atoms in total. The summed E-state index contributed by atoms with van der Waals surface area (Å²) in [4.78, 5) is 8.14. The molecule has 0 atom stereocenters. The Labute approximate surface area is 79.6 Å². The molecule has 1 aromatic rings. The Balaban J connectivity index is 2.67. The van der Waals surface area contributed by atoms with Gasteiger partial charge in [0.2, 0.25) is 0 Å². The molecule has 72 valence electrons. The smallest absolute Gasteiger partial charge is 0.132 e. The minimum atomic E-state index is 0.522. The maximum Gasteiger partial charge on any atom is 0.132 e. The molecule has 3 heteroatoms. The molecule has 1 rings (SSSR count). The van der Waals surface area contributed by atoms with Crippen molar-refractivity contribution in [2.45, 2.75) is 39.7 Å². The predicted octanol–water partition coefficient (Wildman–Crippen LogP) is 2.39. The lowest BCUT2D eigenvalue weighted by Gasteiger charge is -2.16. The summed E-state index contributed by atoms with van der Waals surface area (Å²) in [5.41, 5.74) is 1.11. The summed E-state index contributed by atoms with van der Waals surface area (Å²) >= 11 is 0. The Morgan fingerprint density at radius 3 is 2.62 bits per heavy atom. The highest BCUT2D eigenvalue weighted by molar-refractivity contribution is 5.41. The monoisotopic (exact) mass is 179 g/mol. The average molecular weight is 179 g/mol. The Bertz CT molecular complexity index is 256. The Hall–Kier alpha value is -1.12. The minimum Gasteiger partial charge on any atom is -0.367 e. The highest BCUT2D eigenvalue weighted by Crippen LogP contribution is 2.11. The van der Waals surface area contributed by atoms with Crippen molar-refractivity contribution in [2.75, 3.05) is 5.32 Å². The first-order valence-electron chi connectivity index (χ1n) is 4.81. The van der Waals surface area contributed by atoms with Crippen LogP contribution in [0, 0.1) is 6.92 Å². The summed E-state index contributed by atoms with van der Waals surface area (Å²) in [6, 6.07) is 0.522. The van der Waals surface area contributed by atoms with Crippen molar-refractivity contribution in [1.29, 1.82) is 0 Å². The third-order valence-corrected chi connectivity index (χ3v) is 2.22. The van der Waals surface area contributed by atoms with Gasteiger partial charge >= 0.3 is 0 Å². The van der Waals surface area contributed by atoms with E-state index >= 15 is 0 Å². The lowest BCUT2D eigenvalue weighted by molar-refractivity contribution is 0.667. The third-order valence-electron chi connectivity index (χ3n) is 2.22. The van der Waals surface area contributed by atoms with Gasteiger partial charge in [0.05, 0.1) is 0 Å². The van der Waals surface area contributed by atoms with Crippen molar-refractivity contribution < 1.29 is 0 Å². The van der Waals surface area contributed by atoms with E-state index in [0.29, 0.717) is 6.04 Å². The number of rotatable bonds is 4. The van der Waals surface area contributed by atoms with Crippen LogP contribution in [0.15, 0.2) is 12.5 Å². The number of anilines is 1. The van der Waals surface area contributed by atoms with Crippen LogP contribution in [0.2, 0.25) is 0 Å². The second-order valence-corrected chi connectivity index (χ2v) is 3.21. The molecule has 1 N–H and O–H groups in total. The van der Waals surface area contributed by atoms with E-state index in [1.165, 1.54) is 0 Å². The van der Waals surface area contributed by atoms with Crippen molar-refractivity contribution >= 4 is 5.82 Å². The summed E-state index contributed by atoms with van der Waals surface area (Å²) < 4.78 is 0. The summed E-state index contributed by atoms with van der Waals surface area (Å²) in [5.74, 6) is 0.962. The molecule has 1 aromatic heterocycles. The summed E-state index contributed by atoms with van der Waals surface area (Å²) in [5, 5.41) is 3.40. The largest absolute Gasteiger partial charge is 0.367 e. The quantitative estimate of drug-likeness (QED) is 0.771. The van der Waals surface area contributed by atoms with E-state index < -0.39 is 0 Å². The zero-order valence-corrected chi connectivity index (χ0v) is 8.54. The molecule has 0 aliphatic carbocycles. The van der Waals surface area contributed by atoms with Gasteiger partial charge in [0.25, 0.3) is 0 Å². The SMILES string of the molecule is CCC(CC)Nc1ncncc1C. The van der Waals surface area contributed by atoms with Gasteiger partial charge in [-0.15, -0.1) is 0 Å². The van der Waals surface area contributed by atoms with Crippen LogP contribution in [0.3, 0.4) is 0 Å². The second-order valence-electron chi connectivity index (χ2n) is 3.21. The lowest BCUT2D eigenvalue weighted by Crippen LogP contribution is -2.18. The molecule has 0 radical (unpaired) electrons. The zero-order valence-electron chi connectivity index (χ0n) is 8.54. The Kier molecular flexibility index (Phi) is 3.68. The maximum atomic E-state index is 4.19. The molecule has 0 unspecified atom stereocenters. The molecule has 0 fully saturated rings. The topological polar surface area (TPSA) is 37.8 Å². The second kappa shape index (κ2) is 4.80. The molecule has 0 spiro atoms. The Morgan fingerprint density at radius 2 is 2.08 bits per heavy atom. The van der Waals surface area contributed by atoms with E-state index in [-0.39, 0.29) is 0 Å². The fourth-order valence-corrected chi connectivity index (χ4v) is 1.24. The molecular weight excluding hydrogens is 162 g/mol. The van der Waals surface area contributed by atoms with Crippen molar-refractivity contribution in [2.24, 2.45) is 0 Å². The normalized spacial score (nSPS) is 10.5.